The lowest BCUT2D eigenvalue weighted by molar-refractivity contribution is -0.0530. The molecule has 5 heteroatoms. The molecule has 1 aliphatic heterocycles. The van der Waals surface area contributed by atoms with Crippen molar-refractivity contribution >= 4 is 17.5 Å². The van der Waals surface area contributed by atoms with Gasteiger partial charge in [-0.2, -0.15) is 0 Å². The molecule has 0 spiro atoms. The third-order valence-corrected chi connectivity index (χ3v) is 3.23. The number of anilines is 1. The Balaban J connectivity index is 2.04. The summed E-state index contributed by atoms with van der Waals surface area (Å²) in [6.45, 7) is 6.55. The van der Waals surface area contributed by atoms with Gasteiger partial charge in [-0.15, -0.1) is 0 Å². The topological polar surface area (TPSA) is 58.6 Å². The highest BCUT2D eigenvalue weighted by atomic mass is 16.5. The number of morpholine rings is 1. The maximum atomic E-state index is 12.2. The summed E-state index contributed by atoms with van der Waals surface area (Å²) in [6, 6.07) is 6.80. The van der Waals surface area contributed by atoms with E-state index in [9.17, 15) is 9.59 Å². The maximum absolute atomic E-state index is 12.2. The van der Waals surface area contributed by atoms with E-state index in [0.717, 1.165) is 0 Å². The van der Waals surface area contributed by atoms with Crippen molar-refractivity contribution in [1.82, 2.24) is 4.90 Å². The van der Waals surface area contributed by atoms with Crippen LogP contribution in [0, 0.1) is 0 Å². The minimum Gasteiger partial charge on any atom is -0.372 e. The first-order valence-electron chi connectivity index (χ1n) is 6.78. The van der Waals surface area contributed by atoms with Crippen LogP contribution in [0.4, 0.5) is 10.5 Å². The quantitative estimate of drug-likeness (QED) is 0.844. The summed E-state index contributed by atoms with van der Waals surface area (Å²) in [4.78, 5) is 25.3. The van der Waals surface area contributed by atoms with E-state index in [2.05, 4.69) is 5.32 Å². The number of nitrogens with zero attached hydrogens (tertiary/aromatic N) is 1. The number of urea groups is 1. The smallest absolute Gasteiger partial charge is 0.322 e. The first-order chi connectivity index (χ1) is 9.45. The van der Waals surface area contributed by atoms with Crippen molar-refractivity contribution in [2.75, 3.05) is 18.4 Å². The van der Waals surface area contributed by atoms with Crippen LogP contribution >= 0.6 is 0 Å². The number of benzene rings is 1. The molecule has 2 amide bonds. The summed E-state index contributed by atoms with van der Waals surface area (Å²) < 4.78 is 5.60. The molecule has 108 valence electrons. The number of ketones is 1. The number of rotatable bonds is 2. The van der Waals surface area contributed by atoms with E-state index in [0.29, 0.717) is 24.3 Å². The van der Waals surface area contributed by atoms with Crippen molar-refractivity contribution in [2.24, 2.45) is 0 Å². The Morgan fingerprint density at radius 3 is 2.50 bits per heavy atom. The molecular weight excluding hydrogens is 256 g/mol. The molecule has 0 radical (unpaired) electrons. The molecule has 2 atom stereocenters. The first kappa shape index (κ1) is 14.5. The molecule has 0 saturated carbocycles. The summed E-state index contributed by atoms with van der Waals surface area (Å²) in [7, 11) is 0. The van der Waals surface area contributed by atoms with Crippen LogP contribution in [0.1, 0.15) is 31.1 Å². The summed E-state index contributed by atoms with van der Waals surface area (Å²) in [5.74, 6) is -0.0188. The van der Waals surface area contributed by atoms with Gasteiger partial charge in [-0.3, -0.25) is 4.79 Å². The Labute approximate surface area is 118 Å². The van der Waals surface area contributed by atoms with Crippen LogP contribution in [-0.4, -0.2) is 42.0 Å². The Kier molecular flexibility index (Phi) is 4.39. The lowest BCUT2D eigenvalue weighted by atomic mass is 10.1. The Hall–Kier alpha value is -1.88. The number of nitrogens with one attached hydrogen (secondary N) is 1. The largest absolute Gasteiger partial charge is 0.372 e. The van der Waals surface area contributed by atoms with Gasteiger partial charge in [-0.25, -0.2) is 4.79 Å². The highest BCUT2D eigenvalue weighted by molar-refractivity contribution is 5.96. The second kappa shape index (κ2) is 6.05. The van der Waals surface area contributed by atoms with Gasteiger partial charge in [0.05, 0.1) is 12.2 Å². The molecule has 20 heavy (non-hydrogen) atoms. The van der Waals surface area contributed by atoms with Gasteiger partial charge >= 0.3 is 6.03 Å². The molecule has 2 rings (SSSR count). The predicted octanol–water partition coefficient (Wildman–Crippen LogP) is 2.53. The van der Waals surface area contributed by atoms with Crippen LogP contribution in [-0.2, 0) is 4.74 Å². The molecule has 0 bridgehead atoms. The maximum Gasteiger partial charge on any atom is 0.322 e. The van der Waals surface area contributed by atoms with Gasteiger partial charge in [0.1, 0.15) is 0 Å². The average molecular weight is 276 g/mol. The van der Waals surface area contributed by atoms with E-state index >= 15 is 0 Å². The second-order valence-corrected chi connectivity index (χ2v) is 5.23. The van der Waals surface area contributed by atoms with Crippen molar-refractivity contribution < 1.29 is 14.3 Å². The first-order valence-corrected chi connectivity index (χ1v) is 6.78. The molecule has 0 aromatic heterocycles. The van der Waals surface area contributed by atoms with Crippen LogP contribution < -0.4 is 5.32 Å². The molecule has 1 saturated heterocycles. The fraction of sp³-hybridized carbons (Fsp3) is 0.467. The number of hydrogen-bond acceptors (Lipinski definition) is 3. The number of amides is 2. The summed E-state index contributed by atoms with van der Waals surface area (Å²) in [5.41, 5.74) is 1.22. The molecule has 5 nitrogen and oxygen atoms in total. The second-order valence-electron chi connectivity index (χ2n) is 5.23. The monoisotopic (exact) mass is 276 g/mol. The standard InChI is InChI=1S/C15H20N2O3/c1-10-8-17(9-11(2)20-10)15(19)16-14-6-4-5-13(7-14)12(3)18/h4-7,10-11H,8-9H2,1-3H3,(H,16,19)/t10-,11-/m0/s1. The van der Waals surface area contributed by atoms with Crippen molar-refractivity contribution in [3.8, 4) is 0 Å². The minimum absolute atomic E-state index is 0.0188. The summed E-state index contributed by atoms with van der Waals surface area (Å²) in [6.07, 6.45) is 0.0705. The van der Waals surface area contributed by atoms with Crippen molar-refractivity contribution in [1.29, 1.82) is 0 Å². The zero-order valence-electron chi connectivity index (χ0n) is 12.1. The van der Waals surface area contributed by atoms with Gasteiger partial charge in [0, 0.05) is 24.3 Å². The van der Waals surface area contributed by atoms with Gasteiger partial charge < -0.3 is 15.0 Å². The van der Waals surface area contributed by atoms with Crippen molar-refractivity contribution in [2.45, 2.75) is 33.0 Å². The molecule has 1 fully saturated rings. The zero-order valence-corrected chi connectivity index (χ0v) is 12.1. The van der Waals surface area contributed by atoms with E-state index in [4.69, 9.17) is 4.74 Å². The van der Waals surface area contributed by atoms with Gasteiger partial charge in [0.15, 0.2) is 5.78 Å². The SMILES string of the molecule is CC(=O)c1cccc(NC(=O)N2C[C@H](C)O[C@@H](C)C2)c1. The lowest BCUT2D eigenvalue weighted by Crippen LogP contribution is -2.49. The van der Waals surface area contributed by atoms with Gasteiger partial charge in [-0.1, -0.05) is 12.1 Å². The van der Waals surface area contributed by atoms with E-state index < -0.39 is 0 Å². The minimum atomic E-state index is -0.160. The van der Waals surface area contributed by atoms with Crippen LogP contribution in [0.5, 0.6) is 0 Å². The van der Waals surface area contributed by atoms with Crippen LogP contribution in [0.25, 0.3) is 0 Å². The Morgan fingerprint density at radius 1 is 1.25 bits per heavy atom. The molecule has 1 N–H and O–H groups in total. The van der Waals surface area contributed by atoms with E-state index in [1.54, 1.807) is 29.2 Å². The molecule has 1 aromatic rings. The molecule has 0 aliphatic carbocycles. The predicted molar refractivity (Wildman–Crippen MR) is 77.0 cm³/mol. The number of ether oxygens (including phenoxy) is 1. The van der Waals surface area contributed by atoms with E-state index in [1.807, 2.05) is 13.8 Å². The summed E-state index contributed by atoms with van der Waals surface area (Å²) >= 11 is 0. The molecular formula is C15H20N2O3. The highest BCUT2D eigenvalue weighted by Crippen LogP contribution is 2.15. The van der Waals surface area contributed by atoms with Gasteiger partial charge in [0.25, 0.3) is 0 Å². The average Bonchev–Trinajstić information content (AvgIpc) is 2.37. The Morgan fingerprint density at radius 2 is 1.90 bits per heavy atom. The fourth-order valence-corrected chi connectivity index (χ4v) is 2.36. The summed E-state index contributed by atoms with van der Waals surface area (Å²) in [5, 5.41) is 2.83. The number of Topliss-reactive ketones (excluding diaryl/α,β-unsaturated/α-hetero) is 1. The normalized spacial score (nSPS) is 22.4. The third-order valence-electron chi connectivity index (χ3n) is 3.23. The Bertz CT molecular complexity index is 506. The van der Waals surface area contributed by atoms with Crippen molar-refractivity contribution in [3.05, 3.63) is 29.8 Å². The molecule has 1 heterocycles. The van der Waals surface area contributed by atoms with Crippen LogP contribution in [0.15, 0.2) is 24.3 Å². The van der Waals surface area contributed by atoms with Crippen LogP contribution in [0.2, 0.25) is 0 Å². The third kappa shape index (κ3) is 3.57. The van der Waals surface area contributed by atoms with Gasteiger partial charge in [0.2, 0.25) is 0 Å². The van der Waals surface area contributed by atoms with E-state index in [-0.39, 0.29) is 24.0 Å². The highest BCUT2D eigenvalue weighted by Gasteiger charge is 2.25. The van der Waals surface area contributed by atoms with Gasteiger partial charge in [-0.05, 0) is 32.9 Å². The number of carbonyl (C=O) groups is 2. The van der Waals surface area contributed by atoms with Crippen molar-refractivity contribution in [3.63, 3.8) is 0 Å². The molecule has 1 aromatic carbocycles. The molecule has 1 aliphatic rings. The van der Waals surface area contributed by atoms with E-state index in [1.165, 1.54) is 6.92 Å². The molecule has 0 unspecified atom stereocenters. The lowest BCUT2D eigenvalue weighted by Gasteiger charge is -2.35. The number of carbonyl (C=O) groups excluding carboxylic acids is 2. The number of hydrogen-bond donors (Lipinski definition) is 1. The zero-order chi connectivity index (χ0) is 14.7. The fourth-order valence-electron chi connectivity index (χ4n) is 2.36. The van der Waals surface area contributed by atoms with Crippen LogP contribution in [0.3, 0.4) is 0 Å².